The molecule has 1 N–H and O–H groups in total. The molecule has 0 saturated heterocycles. The molecule has 1 aliphatic rings. The van der Waals surface area contributed by atoms with Gasteiger partial charge < -0.3 is 10.2 Å². The number of benzene rings is 2. The zero-order chi connectivity index (χ0) is 22.0. The second-order valence-electron chi connectivity index (χ2n) is 8.09. The van der Waals surface area contributed by atoms with E-state index < -0.39 is 0 Å². The van der Waals surface area contributed by atoms with Crippen LogP contribution in [0.5, 0.6) is 0 Å². The van der Waals surface area contributed by atoms with Crippen LogP contribution in [0.25, 0.3) is 10.6 Å². The van der Waals surface area contributed by atoms with Gasteiger partial charge in [-0.05, 0) is 49.4 Å². The van der Waals surface area contributed by atoms with Gasteiger partial charge in [-0.3, -0.25) is 9.59 Å². The van der Waals surface area contributed by atoms with Crippen LogP contribution >= 0.6 is 11.3 Å². The highest BCUT2D eigenvalue weighted by Gasteiger charge is 2.24. The fraction of sp³-hybridized carbons (Fsp3) is 0.320. The fourth-order valence-corrected chi connectivity index (χ4v) is 4.44. The number of nitrogens with one attached hydrogen (secondary N) is 1. The Morgan fingerprint density at radius 3 is 2.32 bits per heavy atom. The van der Waals surface area contributed by atoms with E-state index in [-0.39, 0.29) is 11.8 Å². The van der Waals surface area contributed by atoms with Gasteiger partial charge in [-0.2, -0.15) is 0 Å². The quantitative estimate of drug-likeness (QED) is 0.580. The number of hydrogen-bond donors (Lipinski definition) is 1. The maximum atomic E-state index is 13.1. The van der Waals surface area contributed by atoms with Crippen molar-refractivity contribution < 1.29 is 9.59 Å². The number of hydrogen-bond acceptors (Lipinski definition) is 4. The first-order valence-electron chi connectivity index (χ1n) is 10.7. The predicted octanol–water partition coefficient (Wildman–Crippen LogP) is 4.85. The van der Waals surface area contributed by atoms with E-state index in [1.54, 1.807) is 11.9 Å². The van der Waals surface area contributed by atoms with Crippen LogP contribution in [0.4, 0.5) is 0 Å². The van der Waals surface area contributed by atoms with Gasteiger partial charge in [0.05, 0.1) is 5.69 Å². The molecule has 1 saturated carbocycles. The fourth-order valence-electron chi connectivity index (χ4n) is 3.38. The van der Waals surface area contributed by atoms with Crippen molar-refractivity contribution in [2.45, 2.75) is 45.7 Å². The van der Waals surface area contributed by atoms with Crippen LogP contribution in [0, 0.1) is 6.92 Å². The first kappa shape index (κ1) is 21.2. The van der Waals surface area contributed by atoms with Crippen molar-refractivity contribution in [3.63, 3.8) is 0 Å². The highest BCUT2D eigenvalue weighted by Crippen LogP contribution is 2.29. The number of amides is 2. The molecular formula is C25H27N3O2S. The zero-order valence-electron chi connectivity index (χ0n) is 18.1. The van der Waals surface area contributed by atoms with Crippen LogP contribution in [0.15, 0.2) is 48.5 Å². The number of aromatic nitrogens is 1. The van der Waals surface area contributed by atoms with E-state index in [2.05, 4.69) is 41.5 Å². The van der Waals surface area contributed by atoms with E-state index in [1.807, 2.05) is 31.2 Å². The van der Waals surface area contributed by atoms with E-state index in [9.17, 15) is 9.59 Å². The van der Waals surface area contributed by atoms with Gasteiger partial charge in [-0.15, -0.1) is 11.3 Å². The molecule has 2 amide bonds. The Kier molecular flexibility index (Phi) is 6.18. The van der Waals surface area contributed by atoms with Crippen molar-refractivity contribution >= 4 is 23.2 Å². The first-order chi connectivity index (χ1) is 14.9. The van der Waals surface area contributed by atoms with Gasteiger partial charge in [0.1, 0.15) is 9.88 Å². The number of aryl methyl sites for hydroxylation is 2. The summed E-state index contributed by atoms with van der Waals surface area (Å²) in [7, 11) is 1.80. The molecule has 1 fully saturated rings. The van der Waals surface area contributed by atoms with Gasteiger partial charge in [-0.1, -0.05) is 43.3 Å². The number of carbonyl (C=O) groups excluding carboxylic acids is 2. The SMILES string of the molecule is CCc1ccc(-c2nc(C)c(C(=O)N(C)Cc3ccc(C(=O)NC4CC4)cc3)s2)cc1. The van der Waals surface area contributed by atoms with Crippen molar-refractivity contribution in [1.29, 1.82) is 0 Å². The minimum atomic E-state index is -0.0398. The summed E-state index contributed by atoms with van der Waals surface area (Å²) >= 11 is 1.44. The van der Waals surface area contributed by atoms with E-state index in [0.29, 0.717) is 23.0 Å². The summed E-state index contributed by atoms with van der Waals surface area (Å²) in [6.07, 6.45) is 3.14. The summed E-state index contributed by atoms with van der Waals surface area (Å²) in [4.78, 5) is 32.2. The molecule has 3 aromatic rings. The molecular weight excluding hydrogens is 406 g/mol. The maximum Gasteiger partial charge on any atom is 0.265 e. The summed E-state index contributed by atoms with van der Waals surface area (Å²) in [6, 6.07) is 16.1. The number of thiazole rings is 1. The monoisotopic (exact) mass is 433 g/mol. The maximum absolute atomic E-state index is 13.1. The molecule has 4 rings (SSSR count). The molecule has 160 valence electrons. The normalized spacial score (nSPS) is 13.1. The molecule has 0 bridgehead atoms. The molecule has 31 heavy (non-hydrogen) atoms. The molecule has 0 unspecified atom stereocenters. The highest BCUT2D eigenvalue weighted by atomic mass is 32.1. The van der Waals surface area contributed by atoms with Crippen LogP contribution in [0.3, 0.4) is 0 Å². The van der Waals surface area contributed by atoms with Gasteiger partial charge in [0.15, 0.2) is 0 Å². The smallest absolute Gasteiger partial charge is 0.265 e. The van der Waals surface area contributed by atoms with Crippen molar-refractivity contribution in [1.82, 2.24) is 15.2 Å². The summed E-state index contributed by atoms with van der Waals surface area (Å²) in [5.41, 5.74) is 4.71. The Hall–Kier alpha value is -2.99. The zero-order valence-corrected chi connectivity index (χ0v) is 19.0. The minimum Gasteiger partial charge on any atom is -0.349 e. The molecule has 2 aromatic carbocycles. The minimum absolute atomic E-state index is 0.0294. The van der Waals surface area contributed by atoms with Crippen LogP contribution < -0.4 is 5.32 Å². The van der Waals surface area contributed by atoms with Gasteiger partial charge in [0, 0.05) is 30.8 Å². The van der Waals surface area contributed by atoms with Crippen LogP contribution in [-0.2, 0) is 13.0 Å². The Balaban J connectivity index is 1.42. The summed E-state index contributed by atoms with van der Waals surface area (Å²) in [5.74, 6) is -0.0692. The molecule has 0 radical (unpaired) electrons. The van der Waals surface area contributed by atoms with Crippen molar-refractivity contribution in [2.24, 2.45) is 0 Å². The summed E-state index contributed by atoms with van der Waals surface area (Å²) < 4.78 is 0. The molecule has 1 heterocycles. The first-order valence-corrected chi connectivity index (χ1v) is 11.5. The van der Waals surface area contributed by atoms with Crippen molar-refractivity contribution in [2.75, 3.05) is 7.05 Å². The Labute approximate surface area is 187 Å². The number of rotatable bonds is 7. The van der Waals surface area contributed by atoms with Crippen LogP contribution in [0.1, 0.15) is 56.6 Å². The highest BCUT2D eigenvalue weighted by molar-refractivity contribution is 7.17. The van der Waals surface area contributed by atoms with Crippen molar-refractivity contribution in [3.8, 4) is 10.6 Å². The molecule has 0 atom stereocenters. The predicted molar refractivity (Wildman–Crippen MR) is 124 cm³/mol. The molecule has 1 aromatic heterocycles. The second-order valence-corrected chi connectivity index (χ2v) is 9.09. The lowest BCUT2D eigenvalue weighted by Crippen LogP contribution is -2.26. The topological polar surface area (TPSA) is 62.3 Å². The van der Waals surface area contributed by atoms with Gasteiger partial charge in [0.2, 0.25) is 0 Å². The molecule has 6 heteroatoms. The lowest BCUT2D eigenvalue weighted by molar-refractivity contribution is 0.0788. The van der Waals surface area contributed by atoms with Crippen molar-refractivity contribution in [3.05, 3.63) is 75.8 Å². The largest absolute Gasteiger partial charge is 0.349 e. The summed E-state index contributed by atoms with van der Waals surface area (Å²) in [6.45, 7) is 4.49. The Morgan fingerprint density at radius 2 is 1.71 bits per heavy atom. The molecule has 5 nitrogen and oxygen atoms in total. The second kappa shape index (κ2) is 9.02. The number of nitrogens with zero attached hydrogens (tertiary/aromatic N) is 2. The Morgan fingerprint density at radius 1 is 1.06 bits per heavy atom. The van der Waals surface area contributed by atoms with Crippen LogP contribution in [0.2, 0.25) is 0 Å². The van der Waals surface area contributed by atoms with Crippen LogP contribution in [-0.4, -0.2) is 34.8 Å². The average molecular weight is 434 g/mol. The lowest BCUT2D eigenvalue weighted by atomic mass is 10.1. The molecule has 0 spiro atoms. The average Bonchev–Trinajstić information content (AvgIpc) is 3.52. The third-order valence-electron chi connectivity index (χ3n) is 5.50. The molecule has 0 aliphatic heterocycles. The molecule has 1 aliphatic carbocycles. The standard InChI is InChI=1S/C25H27N3O2S/c1-4-17-5-11-20(12-6-17)24-26-16(2)22(31-24)25(30)28(3)15-18-7-9-19(10-8-18)23(29)27-21-13-14-21/h5-12,21H,4,13-15H2,1-3H3,(H,27,29). The van der Waals surface area contributed by atoms with Gasteiger partial charge in [0.25, 0.3) is 11.8 Å². The van der Waals surface area contributed by atoms with Gasteiger partial charge >= 0.3 is 0 Å². The Bertz CT molecular complexity index is 1080. The van der Waals surface area contributed by atoms with E-state index in [1.165, 1.54) is 16.9 Å². The lowest BCUT2D eigenvalue weighted by Gasteiger charge is -2.17. The van der Waals surface area contributed by atoms with E-state index in [0.717, 1.165) is 41.1 Å². The van der Waals surface area contributed by atoms with E-state index >= 15 is 0 Å². The van der Waals surface area contributed by atoms with E-state index in [4.69, 9.17) is 0 Å². The third kappa shape index (κ3) is 5.02. The summed E-state index contributed by atoms with van der Waals surface area (Å²) in [5, 5.41) is 3.85. The third-order valence-corrected chi connectivity index (χ3v) is 6.69. The number of carbonyl (C=O) groups is 2. The van der Waals surface area contributed by atoms with Gasteiger partial charge in [-0.25, -0.2) is 4.98 Å².